The van der Waals surface area contributed by atoms with Gasteiger partial charge in [-0.3, -0.25) is 4.79 Å². The summed E-state index contributed by atoms with van der Waals surface area (Å²) in [5.74, 6) is -1.36. The fraction of sp³-hybridized carbons (Fsp3) is 0.348. The molecular weight excluding hydrogens is 464 g/mol. The molecule has 0 fully saturated rings. The Balaban J connectivity index is 1.58. The number of nitrogens with one attached hydrogen (secondary N) is 2. The molecule has 0 unspecified atom stereocenters. The number of hydrogen-bond donors (Lipinski definition) is 3. The van der Waals surface area contributed by atoms with Crippen LogP contribution in [0, 0.1) is 0 Å². The number of carbonyl (C=O) groups is 3. The van der Waals surface area contributed by atoms with E-state index in [-0.39, 0.29) is 25.4 Å². The second-order valence-corrected chi connectivity index (χ2v) is 8.01. The first-order valence-corrected chi connectivity index (χ1v) is 10.9. The van der Waals surface area contributed by atoms with Gasteiger partial charge in [-0.25, -0.2) is 9.59 Å². The third-order valence-corrected chi connectivity index (χ3v) is 5.02. The van der Waals surface area contributed by atoms with Gasteiger partial charge >= 0.3 is 12.1 Å². The summed E-state index contributed by atoms with van der Waals surface area (Å²) < 4.78 is 5.98. The Bertz CT molecular complexity index is 860. The van der Waals surface area contributed by atoms with E-state index >= 15 is 0 Å². The molecule has 0 aromatic heterocycles. The van der Waals surface area contributed by atoms with Crippen LogP contribution in [-0.4, -0.2) is 35.7 Å². The van der Waals surface area contributed by atoms with Crippen molar-refractivity contribution in [3.63, 3.8) is 0 Å². The van der Waals surface area contributed by atoms with Gasteiger partial charge in [0.1, 0.15) is 12.6 Å². The molecule has 166 valence electrons. The summed E-state index contributed by atoms with van der Waals surface area (Å²) in [5, 5.41) is 14.6. The van der Waals surface area contributed by atoms with Crippen molar-refractivity contribution in [1.29, 1.82) is 0 Å². The molecule has 0 saturated carbocycles. The normalized spacial score (nSPS) is 11.4. The molecule has 2 amide bonds. The molecule has 3 N–H and O–H groups in total. The zero-order valence-electron chi connectivity index (χ0n) is 17.2. The summed E-state index contributed by atoms with van der Waals surface area (Å²) >= 11 is 3.35. The molecule has 0 aliphatic rings. The number of unbranched alkanes of at least 4 members (excludes halogenated alkanes) is 2. The molecule has 8 heteroatoms. The summed E-state index contributed by atoms with van der Waals surface area (Å²) in [7, 11) is 0. The highest BCUT2D eigenvalue weighted by Gasteiger charge is 2.20. The molecule has 0 radical (unpaired) electrons. The first-order chi connectivity index (χ1) is 14.9. The van der Waals surface area contributed by atoms with Gasteiger partial charge in [-0.2, -0.15) is 0 Å². The number of halogens is 1. The van der Waals surface area contributed by atoms with Crippen molar-refractivity contribution in [1.82, 2.24) is 10.6 Å². The van der Waals surface area contributed by atoms with Crippen LogP contribution in [0.3, 0.4) is 0 Å². The van der Waals surface area contributed by atoms with Crippen LogP contribution in [0.4, 0.5) is 4.79 Å². The van der Waals surface area contributed by atoms with Gasteiger partial charge in [-0.15, -0.1) is 0 Å². The Kier molecular flexibility index (Phi) is 10.6. The van der Waals surface area contributed by atoms with Crippen molar-refractivity contribution in [3.8, 4) is 0 Å². The molecule has 31 heavy (non-hydrogen) atoms. The lowest BCUT2D eigenvalue weighted by Crippen LogP contribution is -2.42. The number of alkyl carbamates (subject to hydrolysis) is 1. The first-order valence-electron chi connectivity index (χ1n) is 10.1. The number of carboxylic acid groups (broad SMARTS) is 1. The van der Waals surface area contributed by atoms with Crippen molar-refractivity contribution in [2.45, 2.75) is 44.8 Å². The number of carboxylic acids is 1. The van der Waals surface area contributed by atoms with Gasteiger partial charge in [0.05, 0.1) is 0 Å². The summed E-state index contributed by atoms with van der Waals surface area (Å²) in [6.07, 6.45) is 2.02. The predicted molar refractivity (Wildman–Crippen MR) is 121 cm³/mol. The Morgan fingerprint density at radius 1 is 0.968 bits per heavy atom. The lowest BCUT2D eigenvalue weighted by molar-refractivity contribution is -0.141. The van der Waals surface area contributed by atoms with Gasteiger partial charge in [0.15, 0.2) is 0 Å². The molecular formula is C23H27BrN2O5. The molecule has 0 aliphatic carbocycles. The molecule has 7 nitrogen and oxygen atoms in total. The average Bonchev–Trinajstić information content (AvgIpc) is 2.75. The molecule has 0 saturated heterocycles. The van der Waals surface area contributed by atoms with E-state index in [2.05, 4.69) is 26.6 Å². The summed E-state index contributed by atoms with van der Waals surface area (Å²) in [6.45, 7) is 0.674. The molecule has 0 heterocycles. The van der Waals surface area contributed by atoms with E-state index in [1.807, 2.05) is 54.6 Å². The zero-order valence-corrected chi connectivity index (χ0v) is 18.8. The van der Waals surface area contributed by atoms with E-state index in [9.17, 15) is 19.5 Å². The second kappa shape index (κ2) is 13.4. The largest absolute Gasteiger partial charge is 0.480 e. The highest BCUT2D eigenvalue weighted by atomic mass is 79.9. The third-order valence-electron chi connectivity index (χ3n) is 4.52. The standard InChI is InChI=1S/C23H27BrN2O5/c24-19-11-7-10-18(14-19)15-20(22(28)29)26-21(27)12-5-2-6-13-25-23(30)31-16-17-8-3-1-4-9-17/h1,3-4,7-11,14,20H,2,5-6,12-13,15-16H2,(H,25,30)(H,26,27)(H,28,29)/t20-/m0/s1. The fourth-order valence-corrected chi connectivity index (χ4v) is 3.36. The monoisotopic (exact) mass is 490 g/mol. The van der Waals surface area contributed by atoms with Crippen LogP contribution < -0.4 is 10.6 Å². The molecule has 0 aliphatic heterocycles. The Morgan fingerprint density at radius 3 is 2.42 bits per heavy atom. The van der Waals surface area contributed by atoms with Gasteiger partial charge < -0.3 is 20.5 Å². The van der Waals surface area contributed by atoms with E-state index < -0.39 is 18.1 Å². The van der Waals surface area contributed by atoms with Crippen molar-refractivity contribution in [2.75, 3.05) is 6.54 Å². The molecule has 2 rings (SSSR count). The Hall–Kier alpha value is -2.87. The summed E-state index contributed by atoms with van der Waals surface area (Å²) in [4.78, 5) is 35.2. The summed E-state index contributed by atoms with van der Waals surface area (Å²) in [6, 6.07) is 15.8. The average molecular weight is 491 g/mol. The predicted octanol–water partition coefficient (Wildman–Crippen LogP) is 4.05. The fourth-order valence-electron chi connectivity index (χ4n) is 2.92. The first kappa shape index (κ1) is 24.4. The van der Waals surface area contributed by atoms with Gasteiger partial charge in [0, 0.05) is 23.9 Å². The van der Waals surface area contributed by atoms with E-state index in [1.165, 1.54) is 0 Å². The van der Waals surface area contributed by atoms with Gasteiger partial charge in [-0.1, -0.05) is 64.8 Å². The van der Waals surface area contributed by atoms with Crippen molar-refractivity contribution >= 4 is 33.9 Å². The summed E-state index contributed by atoms with van der Waals surface area (Å²) in [5.41, 5.74) is 1.75. The van der Waals surface area contributed by atoms with Gasteiger partial charge in [0.25, 0.3) is 0 Å². The number of aliphatic carboxylic acids is 1. The third kappa shape index (κ3) is 10.1. The molecule has 2 aromatic carbocycles. The van der Waals surface area contributed by atoms with Crippen LogP contribution in [0.25, 0.3) is 0 Å². The van der Waals surface area contributed by atoms with Crippen molar-refractivity contribution < 1.29 is 24.2 Å². The van der Waals surface area contributed by atoms with Crippen molar-refractivity contribution in [2.24, 2.45) is 0 Å². The smallest absolute Gasteiger partial charge is 0.407 e. The SMILES string of the molecule is O=C(CCCCCNC(=O)OCc1ccccc1)N[C@@H](Cc1cccc(Br)c1)C(=O)O. The number of rotatable bonds is 12. The number of benzene rings is 2. The Morgan fingerprint density at radius 2 is 1.71 bits per heavy atom. The highest BCUT2D eigenvalue weighted by Crippen LogP contribution is 2.13. The zero-order chi connectivity index (χ0) is 22.5. The van der Waals surface area contributed by atoms with E-state index in [0.717, 1.165) is 22.0 Å². The van der Waals surface area contributed by atoms with Crippen LogP contribution in [0.5, 0.6) is 0 Å². The van der Waals surface area contributed by atoms with Crippen molar-refractivity contribution in [3.05, 3.63) is 70.2 Å². The minimum atomic E-state index is -1.06. The van der Waals surface area contributed by atoms with Crippen LogP contribution in [0.1, 0.15) is 36.8 Å². The lowest BCUT2D eigenvalue weighted by Gasteiger charge is -2.15. The molecule has 0 spiro atoms. The molecule has 1 atom stereocenters. The second-order valence-electron chi connectivity index (χ2n) is 7.09. The van der Waals surface area contributed by atoms with E-state index in [0.29, 0.717) is 19.4 Å². The quantitative estimate of drug-likeness (QED) is 0.389. The minimum absolute atomic E-state index is 0.218. The van der Waals surface area contributed by atoms with Gasteiger partial charge in [-0.05, 0) is 36.1 Å². The topological polar surface area (TPSA) is 105 Å². The van der Waals surface area contributed by atoms with E-state index in [4.69, 9.17) is 4.74 Å². The van der Waals surface area contributed by atoms with Crippen LogP contribution in [0.15, 0.2) is 59.1 Å². The van der Waals surface area contributed by atoms with Crippen LogP contribution >= 0.6 is 15.9 Å². The number of hydrogen-bond acceptors (Lipinski definition) is 4. The van der Waals surface area contributed by atoms with Crippen LogP contribution in [-0.2, 0) is 27.4 Å². The highest BCUT2D eigenvalue weighted by molar-refractivity contribution is 9.10. The number of carbonyl (C=O) groups excluding carboxylic acids is 2. The lowest BCUT2D eigenvalue weighted by atomic mass is 10.1. The minimum Gasteiger partial charge on any atom is -0.480 e. The maximum Gasteiger partial charge on any atom is 0.407 e. The van der Waals surface area contributed by atoms with E-state index in [1.54, 1.807) is 0 Å². The molecule has 0 bridgehead atoms. The van der Waals surface area contributed by atoms with Crippen LogP contribution in [0.2, 0.25) is 0 Å². The van der Waals surface area contributed by atoms with Gasteiger partial charge in [0.2, 0.25) is 5.91 Å². The number of ether oxygens (including phenoxy) is 1. The maximum atomic E-state index is 12.1. The maximum absolute atomic E-state index is 12.1. The molecule has 2 aromatic rings. The number of amides is 2. The Labute approximate surface area is 190 Å².